The van der Waals surface area contributed by atoms with Crippen LogP contribution >= 0.6 is 0 Å². The van der Waals surface area contributed by atoms with Gasteiger partial charge in [-0.15, -0.1) is 0 Å². The smallest absolute Gasteiger partial charge is 0.149 e. The summed E-state index contributed by atoms with van der Waals surface area (Å²) in [6, 6.07) is 7.69. The van der Waals surface area contributed by atoms with Gasteiger partial charge >= 0.3 is 0 Å². The summed E-state index contributed by atoms with van der Waals surface area (Å²) in [5.74, 6) is 2.25. The maximum Gasteiger partial charge on any atom is 0.149 e. The third-order valence-electron chi connectivity index (χ3n) is 2.73. The van der Waals surface area contributed by atoms with Gasteiger partial charge in [0.1, 0.15) is 11.5 Å². The predicted molar refractivity (Wildman–Crippen MR) is 74.5 cm³/mol. The molecule has 0 saturated carbocycles. The topological polar surface area (TPSA) is 52.3 Å². The van der Waals surface area contributed by atoms with E-state index in [2.05, 4.69) is 5.16 Å². The summed E-state index contributed by atoms with van der Waals surface area (Å²) in [7, 11) is 0.579. The Labute approximate surface area is 115 Å². The predicted octanol–water partition coefficient (Wildman–Crippen LogP) is 2.75. The van der Waals surface area contributed by atoms with Crippen molar-refractivity contribution in [2.45, 2.75) is 25.4 Å². The molecule has 0 fully saturated rings. The summed E-state index contributed by atoms with van der Waals surface area (Å²) in [6.45, 7) is 3.85. The van der Waals surface area contributed by atoms with Crippen LogP contribution in [-0.2, 0) is 22.3 Å². The summed E-state index contributed by atoms with van der Waals surface area (Å²) in [5, 5.41) is 3.79. The van der Waals surface area contributed by atoms with Crippen LogP contribution < -0.4 is 4.74 Å². The summed E-state index contributed by atoms with van der Waals surface area (Å²) < 4.78 is 22.5. The van der Waals surface area contributed by atoms with Crippen LogP contribution in [0.2, 0.25) is 0 Å². The van der Waals surface area contributed by atoms with E-state index in [1.165, 1.54) is 0 Å². The minimum Gasteiger partial charge on any atom is -0.496 e. The molecule has 1 aromatic carbocycles. The lowest BCUT2D eigenvalue weighted by molar-refractivity contribution is 0.390. The highest BCUT2D eigenvalue weighted by molar-refractivity contribution is 7.83. The van der Waals surface area contributed by atoms with Gasteiger partial charge in [-0.2, -0.15) is 0 Å². The molecule has 0 aliphatic heterocycles. The van der Waals surface area contributed by atoms with Gasteiger partial charge in [0.2, 0.25) is 0 Å². The Bertz CT molecular complexity index is 592. The van der Waals surface area contributed by atoms with Crippen molar-refractivity contribution in [1.82, 2.24) is 5.16 Å². The Morgan fingerprint density at radius 1 is 1.26 bits per heavy atom. The monoisotopic (exact) mass is 279 g/mol. The highest BCUT2D eigenvalue weighted by atomic mass is 32.2. The molecule has 5 heteroatoms. The Hall–Kier alpha value is -1.62. The molecule has 0 saturated heterocycles. The minimum atomic E-state index is -1.04. The number of aromatic nitrogens is 1. The average Bonchev–Trinajstić information content (AvgIpc) is 2.75. The van der Waals surface area contributed by atoms with E-state index < -0.39 is 10.8 Å². The van der Waals surface area contributed by atoms with Crippen LogP contribution in [0.25, 0.3) is 0 Å². The highest BCUT2D eigenvalue weighted by Gasteiger charge is 2.11. The molecule has 1 unspecified atom stereocenters. The number of nitrogens with zero attached hydrogens (tertiary/aromatic N) is 1. The van der Waals surface area contributed by atoms with Crippen molar-refractivity contribution in [1.29, 1.82) is 0 Å². The Balaban J connectivity index is 2.08. The molecule has 0 spiro atoms. The molecule has 0 bridgehead atoms. The number of aryl methyl sites for hydroxylation is 2. The average molecular weight is 279 g/mol. The molecule has 0 aliphatic carbocycles. The second-order valence-corrected chi connectivity index (χ2v) is 5.94. The van der Waals surface area contributed by atoms with E-state index in [0.29, 0.717) is 17.3 Å². The van der Waals surface area contributed by atoms with E-state index >= 15 is 0 Å². The summed E-state index contributed by atoms with van der Waals surface area (Å²) in [6.07, 6.45) is 0. The quantitative estimate of drug-likeness (QED) is 0.844. The molecular formula is C14H17NO3S. The Morgan fingerprint density at radius 3 is 2.68 bits per heavy atom. The lowest BCUT2D eigenvalue weighted by Crippen LogP contribution is -2.01. The second kappa shape index (κ2) is 6.02. The molecule has 0 radical (unpaired) electrons. The van der Waals surface area contributed by atoms with Crippen molar-refractivity contribution in [3.8, 4) is 5.75 Å². The zero-order valence-corrected chi connectivity index (χ0v) is 12.1. The van der Waals surface area contributed by atoms with Gasteiger partial charge in [-0.1, -0.05) is 22.9 Å². The molecule has 102 valence electrons. The zero-order chi connectivity index (χ0) is 13.8. The van der Waals surface area contributed by atoms with E-state index in [9.17, 15) is 4.21 Å². The van der Waals surface area contributed by atoms with Crippen molar-refractivity contribution in [3.63, 3.8) is 0 Å². The van der Waals surface area contributed by atoms with E-state index in [4.69, 9.17) is 9.26 Å². The van der Waals surface area contributed by atoms with Crippen LogP contribution in [0, 0.1) is 13.8 Å². The third-order valence-corrected chi connectivity index (χ3v) is 3.97. The third kappa shape index (κ3) is 3.67. The number of methoxy groups -OCH3 is 1. The van der Waals surface area contributed by atoms with Gasteiger partial charge in [-0.25, -0.2) is 0 Å². The second-order valence-electron chi connectivity index (χ2n) is 4.48. The number of ether oxygens (including phenoxy) is 1. The molecule has 1 aromatic heterocycles. The lowest BCUT2D eigenvalue weighted by Gasteiger charge is -2.08. The Morgan fingerprint density at radius 2 is 2.05 bits per heavy atom. The summed E-state index contributed by atoms with van der Waals surface area (Å²) in [4.78, 5) is 0. The molecule has 2 aromatic rings. The maximum absolute atomic E-state index is 12.1. The fourth-order valence-corrected chi connectivity index (χ4v) is 3.02. The van der Waals surface area contributed by atoms with E-state index in [1.54, 1.807) is 7.11 Å². The summed E-state index contributed by atoms with van der Waals surface area (Å²) >= 11 is 0. The lowest BCUT2D eigenvalue weighted by atomic mass is 10.1. The molecule has 4 nitrogen and oxygen atoms in total. The van der Waals surface area contributed by atoms with Gasteiger partial charge in [0.05, 0.1) is 24.3 Å². The van der Waals surface area contributed by atoms with Crippen molar-refractivity contribution < 1.29 is 13.5 Å². The SMILES string of the molecule is COc1ccc(C)cc1CS(=O)Cc1cc(C)no1. The normalized spacial score (nSPS) is 12.4. The van der Waals surface area contributed by atoms with Gasteiger partial charge in [0, 0.05) is 22.4 Å². The molecule has 0 N–H and O–H groups in total. The van der Waals surface area contributed by atoms with Gasteiger partial charge in [0.15, 0.2) is 0 Å². The largest absolute Gasteiger partial charge is 0.496 e. The van der Waals surface area contributed by atoms with Gasteiger partial charge in [-0.3, -0.25) is 4.21 Å². The number of rotatable bonds is 5. The van der Waals surface area contributed by atoms with E-state index in [0.717, 1.165) is 22.6 Å². The van der Waals surface area contributed by atoms with E-state index in [-0.39, 0.29) is 0 Å². The molecule has 0 aliphatic rings. The standard InChI is InChI=1S/C14H17NO3S/c1-10-4-5-14(17-3)12(6-10)8-19(16)9-13-7-11(2)15-18-13/h4-7H,8-9H2,1-3H3. The zero-order valence-electron chi connectivity index (χ0n) is 11.3. The first-order valence-electron chi connectivity index (χ1n) is 5.99. The van der Waals surface area contributed by atoms with E-state index in [1.807, 2.05) is 38.1 Å². The molecule has 2 rings (SSSR count). The fourth-order valence-electron chi connectivity index (χ4n) is 1.89. The van der Waals surface area contributed by atoms with Crippen LogP contribution in [-0.4, -0.2) is 16.5 Å². The molecule has 1 heterocycles. The van der Waals surface area contributed by atoms with Crippen molar-refractivity contribution in [3.05, 3.63) is 46.8 Å². The molecule has 0 amide bonds. The van der Waals surface area contributed by atoms with Crippen molar-refractivity contribution >= 4 is 10.8 Å². The van der Waals surface area contributed by atoms with Crippen LogP contribution in [0.3, 0.4) is 0 Å². The maximum atomic E-state index is 12.1. The molecular weight excluding hydrogens is 262 g/mol. The van der Waals surface area contributed by atoms with Gasteiger partial charge < -0.3 is 9.26 Å². The number of benzene rings is 1. The fraction of sp³-hybridized carbons (Fsp3) is 0.357. The van der Waals surface area contributed by atoms with Crippen LogP contribution in [0.4, 0.5) is 0 Å². The van der Waals surface area contributed by atoms with Gasteiger partial charge in [-0.05, 0) is 19.9 Å². The first-order chi connectivity index (χ1) is 9.08. The molecule has 19 heavy (non-hydrogen) atoms. The van der Waals surface area contributed by atoms with Crippen LogP contribution in [0.15, 0.2) is 28.8 Å². The summed E-state index contributed by atoms with van der Waals surface area (Å²) in [5.41, 5.74) is 2.89. The first-order valence-corrected chi connectivity index (χ1v) is 7.48. The highest BCUT2D eigenvalue weighted by Crippen LogP contribution is 2.22. The Kier molecular flexibility index (Phi) is 4.37. The van der Waals surface area contributed by atoms with Crippen molar-refractivity contribution in [2.24, 2.45) is 0 Å². The van der Waals surface area contributed by atoms with Crippen LogP contribution in [0.5, 0.6) is 5.75 Å². The van der Waals surface area contributed by atoms with Crippen molar-refractivity contribution in [2.75, 3.05) is 7.11 Å². The van der Waals surface area contributed by atoms with Crippen LogP contribution in [0.1, 0.15) is 22.6 Å². The first kappa shape index (κ1) is 13.8. The molecule has 1 atom stereocenters. The minimum absolute atomic E-state index is 0.373. The number of hydrogen-bond acceptors (Lipinski definition) is 4. The number of hydrogen-bond donors (Lipinski definition) is 0. The van der Waals surface area contributed by atoms with Gasteiger partial charge in [0.25, 0.3) is 0 Å².